The summed E-state index contributed by atoms with van der Waals surface area (Å²) in [6.45, 7) is 3.19. The van der Waals surface area contributed by atoms with E-state index >= 15 is 0 Å². The van der Waals surface area contributed by atoms with Crippen molar-refractivity contribution in [2.75, 3.05) is 37.0 Å². The highest BCUT2D eigenvalue weighted by Gasteiger charge is 2.16. The average Bonchev–Trinajstić information content (AvgIpc) is 2.87. The van der Waals surface area contributed by atoms with Crippen LogP contribution in [0.4, 0.5) is 11.4 Å². The molecule has 1 amide bonds. The van der Waals surface area contributed by atoms with E-state index in [4.69, 9.17) is 26.4 Å². The smallest absolute Gasteiger partial charge is 0.261 e. The number of methoxy groups -OCH3 is 1. The van der Waals surface area contributed by atoms with E-state index in [2.05, 4.69) is 15.4 Å². The molecule has 9 nitrogen and oxygen atoms in total. The topological polar surface area (TPSA) is 115 Å². The van der Waals surface area contributed by atoms with Gasteiger partial charge in [-0.1, -0.05) is 12.1 Å². The number of hydrogen-bond donors (Lipinski definition) is 3. The molecule has 0 fully saturated rings. The molecule has 0 saturated carbocycles. The monoisotopic (exact) mass is 529 g/mol. The van der Waals surface area contributed by atoms with Crippen molar-refractivity contribution in [2.45, 2.75) is 11.8 Å². The third-order valence-corrected chi connectivity index (χ3v) is 6.41. The van der Waals surface area contributed by atoms with Crippen LogP contribution >= 0.6 is 12.2 Å². The molecule has 0 heterocycles. The van der Waals surface area contributed by atoms with Crippen LogP contribution in [0.3, 0.4) is 0 Å². The fourth-order valence-electron chi connectivity index (χ4n) is 3.06. The zero-order valence-electron chi connectivity index (χ0n) is 19.8. The summed E-state index contributed by atoms with van der Waals surface area (Å²) in [5, 5.41) is 5.53. The van der Waals surface area contributed by atoms with Gasteiger partial charge in [-0.05, 0) is 79.8 Å². The maximum Gasteiger partial charge on any atom is 0.261 e. The first-order valence-corrected chi connectivity index (χ1v) is 12.9. The Kier molecular flexibility index (Phi) is 9.62. The lowest BCUT2D eigenvalue weighted by molar-refractivity contribution is 0.0958. The van der Waals surface area contributed by atoms with Crippen LogP contribution in [0.15, 0.2) is 77.7 Å². The van der Waals surface area contributed by atoms with Crippen LogP contribution in [-0.4, -0.2) is 46.4 Å². The van der Waals surface area contributed by atoms with Crippen molar-refractivity contribution in [3.8, 4) is 11.5 Å². The van der Waals surface area contributed by atoms with E-state index in [1.807, 2.05) is 6.92 Å². The molecule has 0 spiro atoms. The molecular formula is C25H27N3O6S2. The predicted octanol–water partition coefficient (Wildman–Crippen LogP) is 4.04. The first kappa shape index (κ1) is 26.9. The summed E-state index contributed by atoms with van der Waals surface area (Å²) in [6.07, 6.45) is 0. The van der Waals surface area contributed by atoms with E-state index in [1.54, 1.807) is 60.7 Å². The number of para-hydroxylation sites is 1. The molecule has 11 heteroatoms. The van der Waals surface area contributed by atoms with Crippen LogP contribution in [0.1, 0.15) is 17.3 Å². The molecule has 3 aromatic carbocycles. The van der Waals surface area contributed by atoms with Crippen molar-refractivity contribution in [3.63, 3.8) is 0 Å². The molecule has 3 aromatic rings. The van der Waals surface area contributed by atoms with Gasteiger partial charge >= 0.3 is 0 Å². The van der Waals surface area contributed by atoms with E-state index in [1.165, 1.54) is 19.2 Å². The summed E-state index contributed by atoms with van der Waals surface area (Å²) < 4.78 is 43.8. The standard InChI is InChI=1S/C25H27N3O6S2/c1-3-33-16-17-34-23-7-5-4-6-22(23)24(29)27-25(35)26-18-10-14-21(15-11-18)36(30,31)28-19-8-12-20(32-2)13-9-19/h4-15,28H,3,16-17H2,1-2H3,(H2,26,27,29,35). The molecule has 3 N–H and O–H groups in total. The number of carbonyl (C=O) groups is 1. The molecule has 0 radical (unpaired) electrons. The maximum absolute atomic E-state index is 12.7. The molecule has 0 bridgehead atoms. The Bertz CT molecular complexity index is 1280. The van der Waals surface area contributed by atoms with Gasteiger partial charge in [-0.15, -0.1) is 0 Å². The van der Waals surface area contributed by atoms with Gasteiger partial charge in [0, 0.05) is 18.0 Å². The number of carbonyl (C=O) groups excluding carboxylic acids is 1. The number of sulfonamides is 1. The van der Waals surface area contributed by atoms with Crippen LogP contribution in [0.5, 0.6) is 11.5 Å². The highest BCUT2D eigenvalue weighted by Crippen LogP contribution is 2.21. The van der Waals surface area contributed by atoms with Gasteiger partial charge in [-0.25, -0.2) is 8.42 Å². The Labute approximate surface area is 215 Å². The number of benzene rings is 3. The van der Waals surface area contributed by atoms with E-state index in [0.29, 0.717) is 48.3 Å². The number of hydrogen-bond acceptors (Lipinski definition) is 7. The maximum atomic E-state index is 12.7. The summed E-state index contributed by atoms with van der Waals surface area (Å²) in [5.74, 6) is 0.591. The van der Waals surface area contributed by atoms with Crippen molar-refractivity contribution >= 4 is 44.6 Å². The molecule has 3 rings (SSSR count). The SMILES string of the molecule is CCOCCOc1ccccc1C(=O)NC(=S)Nc1ccc(S(=O)(=O)Nc2ccc(OC)cc2)cc1. The fourth-order valence-corrected chi connectivity index (χ4v) is 4.33. The molecule has 0 aliphatic heterocycles. The number of anilines is 2. The lowest BCUT2D eigenvalue weighted by atomic mass is 10.2. The second-order valence-corrected chi connectivity index (χ2v) is 9.40. The Balaban J connectivity index is 1.58. The molecule has 0 aromatic heterocycles. The van der Waals surface area contributed by atoms with Crippen LogP contribution in [0.2, 0.25) is 0 Å². The van der Waals surface area contributed by atoms with Gasteiger partial charge in [0.25, 0.3) is 15.9 Å². The second kappa shape index (κ2) is 12.9. The Hall–Kier alpha value is -3.67. The lowest BCUT2D eigenvalue weighted by Gasteiger charge is -2.13. The Morgan fingerprint density at radius 3 is 2.25 bits per heavy atom. The van der Waals surface area contributed by atoms with Gasteiger partial charge in [0.15, 0.2) is 5.11 Å². The summed E-state index contributed by atoms with van der Waals surface area (Å²) in [5.41, 5.74) is 1.23. The third-order valence-electron chi connectivity index (χ3n) is 4.81. The van der Waals surface area contributed by atoms with Crippen molar-refractivity contribution in [3.05, 3.63) is 78.4 Å². The molecule has 0 aliphatic carbocycles. The van der Waals surface area contributed by atoms with Gasteiger partial charge in [-0.3, -0.25) is 14.8 Å². The minimum atomic E-state index is -3.79. The van der Waals surface area contributed by atoms with Crippen molar-refractivity contribution < 1.29 is 27.4 Å². The van der Waals surface area contributed by atoms with Gasteiger partial charge in [-0.2, -0.15) is 0 Å². The van der Waals surface area contributed by atoms with E-state index < -0.39 is 15.9 Å². The zero-order valence-corrected chi connectivity index (χ0v) is 21.4. The van der Waals surface area contributed by atoms with Gasteiger partial charge < -0.3 is 19.5 Å². The summed E-state index contributed by atoms with van der Waals surface area (Å²) >= 11 is 5.25. The van der Waals surface area contributed by atoms with Gasteiger partial charge in [0.2, 0.25) is 0 Å². The first-order chi connectivity index (χ1) is 17.3. The predicted molar refractivity (Wildman–Crippen MR) is 142 cm³/mol. The highest BCUT2D eigenvalue weighted by molar-refractivity contribution is 7.92. The number of rotatable bonds is 11. The van der Waals surface area contributed by atoms with Crippen LogP contribution in [0.25, 0.3) is 0 Å². The number of ether oxygens (including phenoxy) is 3. The summed E-state index contributed by atoms with van der Waals surface area (Å²) in [6, 6.07) is 19.3. The van der Waals surface area contributed by atoms with Crippen LogP contribution in [-0.2, 0) is 14.8 Å². The quantitative estimate of drug-likeness (QED) is 0.252. The first-order valence-electron chi connectivity index (χ1n) is 11.0. The van der Waals surface area contributed by atoms with Gasteiger partial charge in [0.05, 0.1) is 24.2 Å². The average molecular weight is 530 g/mol. The van der Waals surface area contributed by atoms with Crippen LogP contribution in [0, 0.1) is 0 Å². The molecule has 0 atom stereocenters. The second-order valence-electron chi connectivity index (χ2n) is 7.31. The lowest BCUT2D eigenvalue weighted by Crippen LogP contribution is -2.34. The van der Waals surface area contributed by atoms with Crippen molar-refractivity contribution in [1.29, 1.82) is 0 Å². The summed E-state index contributed by atoms with van der Waals surface area (Å²) in [4.78, 5) is 12.8. The largest absolute Gasteiger partial charge is 0.497 e. The van der Waals surface area contributed by atoms with E-state index in [9.17, 15) is 13.2 Å². The van der Waals surface area contributed by atoms with Gasteiger partial charge in [0.1, 0.15) is 18.1 Å². The number of thiocarbonyl (C=S) groups is 1. The van der Waals surface area contributed by atoms with E-state index in [-0.39, 0.29) is 10.0 Å². The minimum Gasteiger partial charge on any atom is -0.497 e. The normalized spacial score (nSPS) is 10.8. The molecule has 0 saturated heterocycles. The molecule has 0 unspecified atom stereocenters. The molecule has 36 heavy (non-hydrogen) atoms. The van der Waals surface area contributed by atoms with Crippen molar-refractivity contribution in [2.24, 2.45) is 0 Å². The minimum absolute atomic E-state index is 0.0519. The highest BCUT2D eigenvalue weighted by atomic mass is 32.2. The number of nitrogens with one attached hydrogen (secondary N) is 3. The molecule has 190 valence electrons. The third kappa shape index (κ3) is 7.67. The van der Waals surface area contributed by atoms with Crippen LogP contribution < -0.4 is 24.8 Å². The Morgan fingerprint density at radius 1 is 0.917 bits per heavy atom. The summed E-state index contributed by atoms with van der Waals surface area (Å²) in [7, 11) is -2.26. The fraction of sp³-hybridized carbons (Fsp3) is 0.200. The number of amides is 1. The van der Waals surface area contributed by atoms with Crippen molar-refractivity contribution in [1.82, 2.24) is 5.32 Å². The van der Waals surface area contributed by atoms with E-state index in [0.717, 1.165) is 0 Å². The zero-order chi connectivity index (χ0) is 26.0. The Morgan fingerprint density at radius 2 is 1.58 bits per heavy atom. The molecular weight excluding hydrogens is 502 g/mol. The molecule has 0 aliphatic rings.